The molecule has 0 aromatic rings. The summed E-state index contributed by atoms with van der Waals surface area (Å²) in [6.07, 6.45) is 7.10. The minimum Gasteiger partial charge on any atom is -0.378 e. The predicted octanol–water partition coefficient (Wildman–Crippen LogP) is 0.323. The maximum Gasteiger partial charge on any atom is 0.246 e. The van der Waals surface area contributed by atoms with E-state index in [1.165, 1.54) is 12.8 Å². The average molecular weight is 312 g/mol. The number of nitrogens with two attached hydrogens (primary N) is 1. The van der Waals surface area contributed by atoms with Crippen LogP contribution in [0.5, 0.6) is 0 Å². The van der Waals surface area contributed by atoms with Gasteiger partial charge in [0, 0.05) is 13.1 Å². The van der Waals surface area contributed by atoms with Crippen molar-refractivity contribution in [2.45, 2.75) is 12.8 Å². The summed E-state index contributed by atoms with van der Waals surface area (Å²) in [4.78, 5) is 11.6. The first-order valence-corrected chi connectivity index (χ1v) is 8.18. The van der Waals surface area contributed by atoms with Gasteiger partial charge in [-0.2, -0.15) is 0 Å². The van der Waals surface area contributed by atoms with E-state index >= 15 is 0 Å². The summed E-state index contributed by atoms with van der Waals surface area (Å²) in [5, 5.41) is 2.78. The highest BCUT2D eigenvalue weighted by molar-refractivity contribution is 5.77. The fraction of sp³-hybridized carbons (Fsp3) is 0.812. The van der Waals surface area contributed by atoms with E-state index < -0.39 is 0 Å². The number of nitrogens with one attached hydrogen (secondary N) is 1. The van der Waals surface area contributed by atoms with Crippen LogP contribution in [0.2, 0.25) is 0 Å². The van der Waals surface area contributed by atoms with Gasteiger partial charge in [0.2, 0.25) is 5.91 Å². The summed E-state index contributed by atoms with van der Waals surface area (Å²) in [5.41, 5.74) is 5.29. The van der Waals surface area contributed by atoms with Crippen LogP contribution in [0.25, 0.3) is 0 Å². The van der Waals surface area contributed by atoms with Crippen LogP contribution in [0.15, 0.2) is 12.2 Å². The molecule has 0 aromatic carbocycles. The molecule has 0 heterocycles. The van der Waals surface area contributed by atoms with Gasteiger partial charge in [-0.15, -0.1) is 0 Å². The summed E-state index contributed by atoms with van der Waals surface area (Å²) >= 11 is 0. The highest BCUT2D eigenvalue weighted by atomic mass is 16.5. The number of hydrogen-bond donors (Lipinski definition) is 2. The molecule has 0 radical (unpaired) electrons. The van der Waals surface area contributed by atoms with Gasteiger partial charge in [-0.05, 0) is 30.6 Å². The van der Waals surface area contributed by atoms with Gasteiger partial charge in [0.15, 0.2) is 0 Å². The second kappa shape index (κ2) is 9.94. The van der Waals surface area contributed by atoms with Crippen LogP contribution in [0.4, 0.5) is 0 Å². The van der Waals surface area contributed by atoms with Crippen molar-refractivity contribution in [2.75, 3.05) is 52.7 Å². The Balaban J connectivity index is 1.38. The molecule has 2 aliphatic carbocycles. The number of allylic oxidation sites excluding steroid dienone is 2. The molecule has 3 atom stereocenters. The van der Waals surface area contributed by atoms with Gasteiger partial charge in [0.25, 0.3) is 0 Å². The van der Waals surface area contributed by atoms with Gasteiger partial charge in [-0.3, -0.25) is 4.79 Å². The third-order valence-electron chi connectivity index (χ3n) is 4.18. The molecule has 2 bridgehead atoms. The van der Waals surface area contributed by atoms with E-state index in [0.717, 1.165) is 5.92 Å². The Morgan fingerprint density at radius 1 is 1.09 bits per heavy atom. The van der Waals surface area contributed by atoms with Crippen LogP contribution >= 0.6 is 0 Å². The quantitative estimate of drug-likeness (QED) is 0.401. The molecule has 2 rings (SSSR count). The fourth-order valence-corrected chi connectivity index (χ4v) is 3.11. The van der Waals surface area contributed by atoms with E-state index in [1.54, 1.807) is 0 Å². The minimum atomic E-state index is -0.0818. The van der Waals surface area contributed by atoms with Crippen molar-refractivity contribution in [2.24, 2.45) is 23.5 Å². The first-order chi connectivity index (χ1) is 10.8. The Morgan fingerprint density at radius 2 is 1.91 bits per heavy atom. The first-order valence-electron chi connectivity index (χ1n) is 8.18. The van der Waals surface area contributed by atoms with Gasteiger partial charge in [-0.1, -0.05) is 12.2 Å². The molecule has 1 fully saturated rings. The minimum absolute atomic E-state index is 0.0818. The average Bonchev–Trinajstić information content (AvgIpc) is 3.13. The fourth-order valence-electron chi connectivity index (χ4n) is 3.11. The zero-order chi connectivity index (χ0) is 15.6. The molecule has 0 saturated heterocycles. The number of rotatable bonds is 12. The Kier molecular flexibility index (Phi) is 7.87. The number of hydrogen-bond acceptors (Lipinski definition) is 5. The summed E-state index contributed by atoms with van der Waals surface area (Å²) in [6.45, 7) is 3.93. The topological polar surface area (TPSA) is 82.8 Å². The molecule has 6 heteroatoms. The van der Waals surface area contributed by atoms with Crippen LogP contribution in [-0.2, 0) is 19.0 Å². The molecule has 3 unspecified atom stereocenters. The molecule has 0 aromatic heterocycles. The standard InChI is InChI=1S/C16H28N2O4/c17-3-5-20-7-8-21-6-4-18-16(19)12-22-11-15-10-13-1-2-14(15)9-13/h1-2,13-15H,3-12,17H2,(H,18,19). The number of ether oxygens (including phenoxy) is 3. The normalized spacial score (nSPS) is 25.8. The van der Waals surface area contributed by atoms with E-state index in [4.69, 9.17) is 19.9 Å². The molecule has 3 N–H and O–H groups in total. The van der Waals surface area contributed by atoms with E-state index in [9.17, 15) is 4.79 Å². The van der Waals surface area contributed by atoms with E-state index in [2.05, 4.69) is 17.5 Å². The molecular formula is C16H28N2O4. The van der Waals surface area contributed by atoms with Crippen molar-refractivity contribution in [3.63, 3.8) is 0 Å². The van der Waals surface area contributed by atoms with Crippen molar-refractivity contribution in [1.29, 1.82) is 0 Å². The molecule has 1 amide bonds. The smallest absolute Gasteiger partial charge is 0.246 e. The predicted molar refractivity (Wildman–Crippen MR) is 83.4 cm³/mol. The molecular weight excluding hydrogens is 284 g/mol. The van der Waals surface area contributed by atoms with Crippen LogP contribution in [0.1, 0.15) is 12.8 Å². The van der Waals surface area contributed by atoms with Crippen LogP contribution in [0.3, 0.4) is 0 Å². The third kappa shape index (κ3) is 6.04. The second-order valence-corrected chi connectivity index (χ2v) is 5.92. The largest absolute Gasteiger partial charge is 0.378 e. The summed E-state index contributed by atoms with van der Waals surface area (Å²) < 4.78 is 16.0. The third-order valence-corrected chi connectivity index (χ3v) is 4.18. The lowest BCUT2D eigenvalue weighted by molar-refractivity contribution is -0.126. The van der Waals surface area contributed by atoms with Gasteiger partial charge in [0.05, 0.1) is 33.0 Å². The summed E-state index contributed by atoms with van der Waals surface area (Å²) in [5.74, 6) is 1.93. The van der Waals surface area contributed by atoms with Gasteiger partial charge < -0.3 is 25.3 Å². The highest BCUT2D eigenvalue weighted by Crippen LogP contribution is 2.43. The van der Waals surface area contributed by atoms with E-state index in [1.807, 2.05) is 0 Å². The lowest BCUT2D eigenvalue weighted by Crippen LogP contribution is -2.31. The number of amides is 1. The van der Waals surface area contributed by atoms with Crippen molar-refractivity contribution >= 4 is 5.91 Å². The molecule has 1 saturated carbocycles. The Morgan fingerprint density at radius 3 is 2.59 bits per heavy atom. The van der Waals surface area contributed by atoms with Crippen LogP contribution in [0, 0.1) is 17.8 Å². The monoisotopic (exact) mass is 312 g/mol. The summed E-state index contributed by atoms with van der Waals surface area (Å²) in [6, 6.07) is 0. The van der Waals surface area contributed by atoms with Crippen LogP contribution in [-0.4, -0.2) is 58.6 Å². The first kappa shape index (κ1) is 17.4. The lowest BCUT2D eigenvalue weighted by atomic mass is 9.95. The maximum atomic E-state index is 11.6. The molecule has 22 heavy (non-hydrogen) atoms. The zero-order valence-corrected chi connectivity index (χ0v) is 13.2. The van der Waals surface area contributed by atoms with Gasteiger partial charge in [-0.25, -0.2) is 0 Å². The number of carbonyl (C=O) groups is 1. The van der Waals surface area contributed by atoms with Crippen molar-refractivity contribution in [3.05, 3.63) is 12.2 Å². The van der Waals surface area contributed by atoms with Crippen molar-refractivity contribution in [3.8, 4) is 0 Å². The van der Waals surface area contributed by atoms with E-state index in [-0.39, 0.29) is 12.5 Å². The molecule has 6 nitrogen and oxygen atoms in total. The number of fused-ring (bicyclic) bond motifs is 2. The summed E-state index contributed by atoms with van der Waals surface area (Å²) in [7, 11) is 0. The Bertz CT molecular complexity index is 362. The van der Waals surface area contributed by atoms with Crippen molar-refractivity contribution in [1.82, 2.24) is 5.32 Å². The van der Waals surface area contributed by atoms with Gasteiger partial charge in [0.1, 0.15) is 6.61 Å². The molecule has 0 aliphatic heterocycles. The molecule has 0 spiro atoms. The van der Waals surface area contributed by atoms with Crippen LogP contribution < -0.4 is 11.1 Å². The van der Waals surface area contributed by atoms with E-state index in [0.29, 0.717) is 58.0 Å². The number of carbonyl (C=O) groups excluding carboxylic acids is 1. The highest BCUT2D eigenvalue weighted by Gasteiger charge is 2.35. The maximum absolute atomic E-state index is 11.6. The van der Waals surface area contributed by atoms with Crippen molar-refractivity contribution < 1.29 is 19.0 Å². The lowest BCUT2D eigenvalue weighted by Gasteiger charge is -2.17. The Hall–Kier alpha value is -0.950. The zero-order valence-electron chi connectivity index (χ0n) is 13.2. The SMILES string of the molecule is NCCOCCOCCNC(=O)COCC1CC2C=CC1C2. The molecule has 2 aliphatic rings. The molecule has 126 valence electrons. The Labute approximate surface area is 132 Å². The van der Waals surface area contributed by atoms with Gasteiger partial charge >= 0.3 is 0 Å². The second-order valence-electron chi connectivity index (χ2n) is 5.92.